The second kappa shape index (κ2) is 7.97. The molecule has 0 unspecified atom stereocenters. The van der Waals surface area contributed by atoms with Crippen LogP contribution in [0.15, 0.2) is 0 Å². The summed E-state index contributed by atoms with van der Waals surface area (Å²) in [6.07, 6.45) is 0. The molecule has 0 aromatic heterocycles. The van der Waals surface area contributed by atoms with E-state index in [0.29, 0.717) is 0 Å². The fraction of sp³-hybridized carbons (Fsp3) is 0. The third-order valence-electron chi connectivity index (χ3n) is 0. The minimum atomic E-state index is -5.17. The molecule has 47 valence electrons. The molecule has 8 heavy (non-hydrogen) atoms. The van der Waals surface area contributed by atoms with Gasteiger partial charge in [-0.15, -0.1) is 0 Å². The summed E-state index contributed by atoms with van der Waals surface area (Å²) in [6, 6.07) is 0. The van der Waals surface area contributed by atoms with E-state index in [0.717, 1.165) is 0 Å². The van der Waals surface area contributed by atoms with E-state index in [2.05, 4.69) is 0 Å². The van der Waals surface area contributed by atoms with E-state index in [4.69, 9.17) is 17.5 Å². The van der Waals surface area contributed by atoms with Crippen molar-refractivity contribution in [2.45, 2.75) is 0 Å². The molecule has 0 aliphatic carbocycles. The maximum atomic E-state index is 8.52. The largest absolute Gasteiger partial charge is 2.00 e. The molecule has 0 saturated heterocycles. The van der Waals surface area contributed by atoms with Gasteiger partial charge in [-0.25, -0.2) is 0 Å². The van der Waals surface area contributed by atoms with Gasteiger partial charge in [-0.2, -0.15) is 0 Å². The zero-order valence-electron chi connectivity index (χ0n) is 3.63. The van der Waals surface area contributed by atoms with E-state index in [-0.39, 0.29) is 42.0 Å². The first-order valence-corrected chi connectivity index (χ1v) is 2.00. The van der Waals surface area contributed by atoms with Crippen LogP contribution in [0.25, 0.3) is 0 Å². The van der Waals surface area contributed by atoms with Crippen LogP contribution in [0.1, 0.15) is 0 Å². The Balaban J connectivity index is -0.0000000267. The third-order valence-corrected chi connectivity index (χ3v) is 0. The van der Waals surface area contributed by atoms with Crippen LogP contribution in [0, 0.1) is 0 Å². The summed E-state index contributed by atoms with van der Waals surface area (Å²) in [5.74, 6) is 0. The van der Waals surface area contributed by atoms with Gasteiger partial charge in [-0.05, 0) is 0 Å². The molecule has 0 amide bonds. The molecule has 0 heterocycles. The van der Waals surface area contributed by atoms with Gasteiger partial charge in [0.25, 0.3) is 0 Å². The van der Waals surface area contributed by atoms with Crippen molar-refractivity contribution < 1.29 is 59.5 Å². The van der Waals surface area contributed by atoms with Gasteiger partial charge < -0.3 is 14.6 Å². The fourth-order valence-corrected chi connectivity index (χ4v) is 0. The SMILES string of the molecule is O.O=S(=O)([O-])[O-].[Mn].[Zn+2]. The van der Waals surface area contributed by atoms with Crippen LogP contribution in [-0.4, -0.2) is 23.0 Å². The normalized spacial score (nSPS) is 7.25. The number of hydrogen-bond acceptors (Lipinski definition) is 4. The van der Waals surface area contributed by atoms with Crippen LogP contribution in [0.5, 0.6) is 0 Å². The maximum Gasteiger partial charge on any atom is 2.00 e. The topological polar surface area (TPSA) is 112 Å². The predicted octanol–water partition coefficient (Wildman–Crippen LogP) is -2.17. The Labute approximate surface area is 70.0 Å². The fourth-order valence-electron chi connectivity index (χ4n) is 0. The third kappa shape index (κ3) is 263. The average molecular weight is 234 g/mol. The minimum Gasteiger partial charge on any atom is -0.759 e. The summed E-state index contributed by atoms with van der Waals surface area (Å²) in [5.41, 5.74) is 0. The van der Waals surface area contributed by atoms with Crippen molar-refractivity contribution in [3.8, 4) is 0 Å². The zero-order chi connectivity index (χ0) is 4.50. The van der Waals surface area contributed by atoms with Gasteiger partial charge in [0.2, 0.25) is 0 Å². The Morgan fingerprint density at radius 1 is 1.12 bits per heavy atom. The summed E-state index contributed by atoms with van der Waals surface area (Å²) < 4.78 is 34.1. The summed E-state index contributed by atoms with van der Waals surface area (Å²) in [6.45, 7) is 0. The van der Waals surface area contributed by atoms with E-state index in [1.165, 1.54) is 0 Å². The molecule has 0 aromatic carbocycles. The zero-order valence-corrected chi connectivity index (χ0v) is 8.59. The van der Waals surface area contributed by atoms with Crippen LogP contribution >= 0.6 is 0 Å². The standard InChI is InChI=1S/Mn.H2O4S.H2O.Zn/c;1-5(2,3)4;;/h;(H2,1,2,3,4);1H2;/q;;;+2/p-2. The Bertz CT molecular complexity index is 95.6. The van der Waals surface area contributed by atoms with Crippen molar-refractivity contribution >= 4 is 10.4 Å². The van der Waals surface area contributed by atoms with E-state index in [9.17, 15) is 0 Å². The smallest absolute Gasteiger partial charge is 0.759 e. The van der Waals surface area contributed by atoms with Crippen LogP contribution < -0.4 is 0 Å². The predicted molar refractivity (Wildman–Crippen MR) is 14.1 cm³/mol. The van der Waals surface area contributed by atoms with Crippen LogP contribution in [0.4, 0.5) is 0 Å². The van der Waals surface area contributed by atoms with Crippen molar-refractivity contribution in [3.05, 3.63) is 0 Å². The van der Waals surface area contributed by atoms with Crippen molar-refractivity contribution in [2.24, 2.45) is 0 Å². The molecule has 5 nitrogen and oxygen atoms in total. The van der Waals surface area contributed by atoms with E-state index in [1.807, 2.05) is 0 Å². The average Bonchev–Trinajstić information content (AvgIpc) is 0.722. The molecule has 0 bridgehead atoms. The number of hydrogen-bond donors (Lipinski definition) is 0. The quantitative estimate of drug-likeness (QED) is 0.270. The Hall–Kier alpha value is 0.973. The molecular formula is H2MnO5SZn. The van der Waals surface area contributed by atoms with Crippen molar-refractivity contribution in [1.82, 2.24) is 0 Å². The molecular weight excluding hydrogens is 232 g/mol. The Morgan fingerprint density at radius 2 is 1.12 bits per heavy atom. The molecule has 0 spiro atoms. The van der Waals surface area contributed by atoms with E-state index < -0.39 is 10.4 Å². The minimum absolute atomic E-state index is 0. The van der Waals surface area contributed by atoms with Gasteiger partial charge in [0.1, 0.15) is 0 Å². The van der Waals surface area contributed by atoms with Crippen LogP contribution in [0.2, 0.25) is 0 Å². The molecule has 0 atom stereocenters. The van der Waals surface area contributed by atoms with Crippen LogP contribution in [0.3, 0.4) is 0 Å². The molecule has 0 saturated carbocycles. The first-order chi connectivity index (χ1) is 2.00. The molecule has 0 aromatic rings. The second-order valence-electron chi connectivity index (χ2n) is 0.408. The number of rotatable bonds is 0. The van der Waals surface area contributed by atoms with Crippen molar-refractivity contribution in [1.29, 1.82) is 0 Å². The van der Waals surface area contributed by atoms with Gasteiger partial charge in [0.05, 0.1) is 0 Å². The molecule has 8 heteroatoms. The molecule has 0 aliphatic heterocycles. The summed E-state index contributed by atoms with van der Waals surface area (Å²) in [4.78, 5) is 0. The van der Waals surface area contributed by atoms with Crippen molar-refractivity contribution in [3.63, 3.8) is 0 Å². The molecule has 0 rings (SSSR count). The maximum absolute atomic E-state index is 8.52. The molecule has 0 fully saturated rings. The second-order valence-corrected chi connectivity index (χ2v) is 1.22. The first kappa shape index (κ1) is 23.1. The van der Waals surface area contributed by atoms with Gasteiger partial charge in [0, 0.05) is 27.5 Å². The van der Waals surface area contributed by atoms with E-state index in [1.54, 1.807) is 0 Å². The Kier molecular flexibility index (Phi) is 23.0. The Morgan fingerprint density at radius 3 is 1.12 bits per heavy atom. The van der Waals surface area contributed by atoms with Crippen LogP contribution in [-0.2, 0) is 46.9 Å². The molecule has 2 N–H and O–H groups in total. The van der Waals surface area contributed by atoms with Gasteiger partial charge >= 0.3 is 19.5 Å². The summed E-state index contributed by atoms with van der Waals surface area (Å²) in [7, 11) is -5.17. The van der Waals surface area contributed by atoms with Crippen molar-refractivity contribution in [2.75, 3.05) is 0 Å². The van der Waals surface area contributed by atoms with Gasteiger partial charge in [-0.1, -0.05) is 0 Å². The van der Waals surface area contributed by atoms with Gasteiger partial charge in [-0.3, -0.25) is 8.42 Å². The summed E-state index contributed by atoms with van der Waals surface area (Å²) >= 11 is 0. The molecule has 1 radical (unpaired) electrons. The summed E-state index contributed by atoms with van der Waals surface area (Å²) in [5, 5.41) is 0. The molecule has 0 aliphatic rings. The first-order valence-electron chi connectivity index (χ1n) is 0.667. The van der Waals surface area contributed by atoms with Gasteiger partial charge in [0.15, 0.2) is 0 Å². The van der Waals surface area contributed by atoms with E-state index >= 15 is 0 Å². The monoisotopic (exact) mass is 233 g/mol.